The Hall–Kier alpha value is -1.49. The third-order valence-electron chi connectivity index (χ3n) is 5.27. The highest BCUT2D eigenvalue weighted by molar-refractivity contribution is 7.80. The second-order valence-electron chi connectivity index (χ2n) is 8.38. The van der Waals surface area contributed by atoms with E-state index in [1.807, 2.05) is 38.1 Å². The van der Waals surface area contributed by atoms with Gasteiger partial charge < -0.3 is 39.1 Å². The number of fused-ring (bicyclic) bond motifs is 1. The fraction of sp³-hybridized carbons (Fsp3) is 0.696. The van der Waals surface area contributed by atoms with Crippen LogP contribution in [-0.2, 0) is 23.7 Å². The van der Waals surface area contributed by atoms with Crippen LogP contribution in [0.1, 0.15) is 40.5 Å². The van der Waals surface area contributed by atoms with Gasteiger partial charge in [0.05, 0.1) is 25.4 Å². The molecule has 2 aliphatic rings. The standard InChI is InChI=1S/C23H36N2O6S/c1-6-12-27-14-17(28-13-7-2)19-18(20-21(29-19)31-23(3,4)30-20)25-22(32)24-15-10-8-9-11-16(15)26-5/h8-11,17-21H,6-7,12-14H2,1-5H3,(H2,24,25,32)/t17-,18+,19-,20-,21-/m1/s1. The fourth-order valence-corrected chi connectivity index (χ4v) is 4.17. The molecule has 0 bridgehead atoms. The van der Waals surface area contributed by atoms with Gasteiger partial charge in [-0.2, -0.15) is 0 Å². The van der Waals surface area contributed by atoms with Crippen LogP contribution in [0.3, 0.4) is 0 Å². The molecule has 0 spiro atoms. The predicted octanol–water partition coefficient (Wildman–Crippen LogP) is 3.45. The van der Waals surface area contributed by atoms with Crippen molar-refractivity contribution in [1.29, 1.82) is 0 Å². The van der Waals surface area contributed by atoms with E-state index < -0.39 is 12.1 Å². The van der Waals surface area contributed by atoms with Gasteiger partial charge in [0.25, 0.3) is 0 Å². The molecule has 2 fully saturated rings. The molecule has 1 aromatic carbocycles. The Bertz CT molecular complexity index is 749. The molecule has 3 rings (SSSR count). The lowest BCUT2D eigenvalue weighted by molar-refractivity contribution is -0.222. The van der Waals surface area contributed by atoms with E-state index in [1.165, 1.54) is 0 Å². The van der Waals surface area contributed by atoms with E-state index in [9.17, 15) is 0 Å². The number of hydrogen-bond acceptors (Lipinski definition) is 7. The number of methoxy groups -OCH3 is 1. The molecule has 5 atom stereocenters. The molecule has 8 nitrogen and oxygen atoms in total. The summed E-state index contributed by atoms with van der Waals surface area (Å²) in [6, 6.07) is 7.31. The minimum absolute atomic E-state index is 0.283. The lowest BCUT2D eigenvalue weighted by atomic mass is 10.0. The van der Waals surface area contributed by atoms with Gasteiger partial charge in [-0.3, -0.25) is 0 Å². The second kappa shape index (κ2) is 11.6. The zero-order valence-electron chi connectivity index (χ0n) is 19.6. The van der Waals surface area contributed by atoms with Crippen LogP contribution in [-0.4, -0.2) is 68.5 Å². The zero-order valence-corrected chi connectivity index (χ0v) is 20.4. The van der Waals surface area contributed by atoms with Gasteiger partial charge in [-0.25, -0.2) is 0 Å². The van der Waals surface area contributed by atoms with Crippen molar-refractivity contribution in [3.05, 3.63) is 24.3 Å². The average molecular weight is 469 g/mol. The first-order valence-electron chi connectivity index (χ1n) is 11.3. The summed E-state index contributed by atoms with van der Waals surface area (Å²) in [4.78, 5) is 0. The Balaban J connectivity index is 1.76. The number of nitrogens with one attached hydrogen (secondary N) is 2. The first-order chi connectivity index (χ1) is 15.4. The maximum absolute atomic E-state index is 6.29. The summed E-state index contributed by atoms with van der Waals surface area (Å²) < 4.78 is 35.8. The summed E-state index contributed by atoms with van der Waals surface area (Å²) in [5, 5.41) is 7.04. The molecule has 0 unspecified atom stereocenters. The Kier molecular flexibility index (Phi) is 9.10. The van der Waals surface area contributed by atoms with Crippen LogP contribution in [0, 0.1) is 0 Å². The van der Waals surface area contributed by atoms with Crippen LogP contribution in [0.4, 0.5) is 5.69 Å². The first-order valence-corrected chi connectivity index (χ1v) is 11.7. The van der Waals surface area contributed by atoms with Gasteiger partial charge in [-0.05, 0) is 51.0 Å². The van der Waals surface area contributed by atoms with E-state index in [1.54, 1.807) is 7.11 Å². The number of rotatable bonds is 11. The van der Waals surface area contributed by atoms with Crippen LogP contribution in [0.2, 0.25) is 0 Å². The highest BCUT2D eigenvalue weighted by Gasteiger charge is 2.57. The number of benzene rings is 1. The maximum atomic E-state index is 6.29. The lowest BCUT2D eigenvalue weighted by Crippen LogP contribution is -2.54. The molecule has 0 radical (unpaired) electrons. The average Bonchev–Trinajstić information content (AvgIpc) is 3.23. The van der Waals surface area contributed by atoms with E-state index >= 15 is 0 Å². The van der Waals surface area contributed by atoms with Crippen molar-refractivity contribution in [2.45, 2.75) is 77.0 Å². The maximum Gasteiger partial charge on any atom is 0.189 e. The minimum Gasteiger partial charge on any atom is -0.495 e. The van der Waals surface area contributed by atoms with Crippen molar-refractivity contribution in [1.82, 2.24) is 5.32 Å². The van der Waals surface area contributed by atoms with Crippen LogP contribution in [0.15, 0.2) is 24.3 Å². The largest absolute Gasteiger partial charge is 0.495 e. The highest BCUT2D eigenvalue weighted by atomic mass is 32.1. The third-order valence-corrected chi connectivity index (χ3v) is 5.49. The molecule has 0 saturated carbocycles. The van der Waals surface area contributed by atoms with Crippen LogP contribution in [0.25, 0.3) is 0 Å². The van der Waals surface area contributed by atoms with E-state index in [0.717, 1.165) is 18.5 Å². The van der Waals surface area contributed by atoms with Crippen LogP contribution < -0.4 is 15.4 Å². The molecule has 2 N–H and O–H groups in total. The number of thiocarbonyl (C=S) groups is 1. The van der Waals surface area contributed by atoms with Crippen LogP contribution in [0.5, 0.6) is 5.75 Å². The molecule has 32 heavy (non-hydrogen) atoms. The predicted molar refractivity (Wildman–Crippen MR) is 126 cm³/mol. The highest BCUT2D eigenvalue weighted by Crippen LogP contribution is 2.39. The number of anilines is 1. The normalized spacial score (nSPS) is 27.0. The molecule has 180 valence electrons. The van der Waals surface area contributed by atoms with E-state index in [-0.39, 0.29) is 24.4 Å². The van der Waals surface area contributed by atoms with Gasteiger partial charge in [0.2, 0.25) is 0 Å². The van der Waals surface area contributed by atoms with E-state index in [4.69, 9.17) is 40.6 Å². The van der Waals surface area contributed by atoms with Gasteiger partial charge in [-0.1, -0.05) is 26.0 Å². The Labute approximate surface area is 196 Å². The lowest BCUT2D eigenvalue weighted by Gasteiger charge is -2.32. The molecule has 0 aromatic heterocycles. The van der Waals surface area contributed by atoms with E-state index in [0.29, 0.717) is 30.7 Å². The summed E-state index contributed by atoms with van der Waals surface area (Å²) in [6.07, 6.45) is 0.338. The molecule has 0 aliphatic carbocycles. The molecule has 1 aromatic rings. The molecule has 0 amide bonds. The van der Waals surface area contributed by atoms with Crippen molar-refractivity contribution in [2.24, 2.45) is 0 Å². The van der Waals surface area contributed by atoms with Gasteiger partial charge in [-0.15, -0.1) is 0 Å². The zero-order chi connectivity index (χ0) is 23.1. The van der Waals surface area contributed by atoms with Crippen molar-refractivity contribution in [3.8, 4) is 5.75 Å². The molecule has 9 heteroatoms. The summed E-state index contributed by atoms with van der Waals surface area (Å²) in [7, 11) is 1.63. The third kappa shape index (κ3) is 6.30. The monoisotopic (exact) mass is 468 g/mol. The Morgan fingerprint density at radius 1 is 1.16 bits per heavy atom. The van der Waals surface area contributed by atoms with Crippen molar-refractivity contribution in [2.75, 3.05) is 32.2 Å². The number of para-hydroxylation sites is 2. The van der Waals surface area contributed by atoms with Crippen molar-refractivity contribution < 1.29 is 28.4 Å². The number of ether oxygens (including phenoxy) is 6. The van der Waals surface area contributed by atoms with Crippen molar-refractivity contribution in [3.63, 3.8) is 0 Å². The smallest absolute Gasteiger partial charge is 0.189 e. The van der Waals surface area contributed by atoms with Gasteiger partial charge in [0.15, 0.2) is 17.2 Å². The SMILES string of the molecule is CCCOC[C@@H](OCCC)[C@H]1O[C@@H]2OC(C)(C)O[C@@H]2[C@H]1NC(=S)Nc1ccccc1OC. The van der Waals surface area contributed by atoms with Gasteiger partial charge in [0.1, 0.15) is 24.1 Å². The van der Waals surface area contributed by atoms with Crippen molar-refractivity contribution >= 4 is 23.0 Å². The van der Waals surface area contributed by atoms with E-state index in [2.05, 4.69) is 24.5 Å². The van der Waals surface area contributed by atoms with Gasteiger partial charge >= 0.3 is 0 Å². The Morgan fingerprint density at radius 2 is 1.91 bits per heavy atom. The minimum atomic E-state index is -0.740. The summed E-state index contributed by atoms with van der Waals surface area (Å²) in [6.45, 7) is 9.60. The fourth-order valence-electron chi connectivity index (χ4n) is 3.92. The van der Waals surface area contributed by atoms with Crippen LogP contribution >= 0.6 is 12.2 Å². The first kappa shape index (κ1) is 25.1. The molecule has 2 heterocycles. The molecular weight excluding hydrogens is 432 g/mol. The molecule has 2 aliphatic heterocycles. The summed E-state index contributed by atoms with van der Waals surface area (Å²) in [5.74, 6) is -0.0383. The molecular formula is C23H36N2O6S. The Morgan fingerprint density at radius 3 is 2.62 bits per heavy atom. The quantitative estimate of drug-likeness (QED) is 0.375. The summed E-state index contributed by atoms with van der Waals surface area (Å²) in [5.41, 5.74) is 0.772. The topological polar surface area (TPSA) is 79.4 Å². The number of hydrogen-bond donors (Lipinski definition) is 2. The summed E-state index contributed by atoms with van der Waals surface area (Å²) >= 11 is 5.63. The van der Waals surface area contributed by atoms with Gasteiger partial charge in [0, 0.05) is 13.2 Å². The molecule has 2 saturated heterocycles. The second-order valence-corrected chi connectivity index (χ2v) is 8.79.